The molecule has 0 radical (unpaired) electrons. The van der Waals surface area contributed by atoms with Crippen molar-refractivity contribution in [1.82, 2.24) is 0 Å². The monoisotopic (exact) mass is 666 g/mol. The first-order chi connectivity index (χ1) is 20.5. The summed E-state index contributed by atoms with van der Waals surface area (Å²) in [5.74, 6) is -1.17. The Labute approximate surface area is 268 Å². The maximum Gasteiger partial charge on any atom is 0.450 e. The normalized spacial score (nSPS) is 20.5. The van der Waals surface area contributed by atoms with Gasteiger partial charge in [-0.3, -0.25) is 19.2 Å². The predicted octanol–water partition coefficient (Wildman–Crippen LogP) is 5.49. The molecule has 0 saturated carbocycles. The zero-order valence-electron chi connectivity index (χ0n) is 24.8. The fraction of sp³-hybridized carbons (Fsp3) is 0.655. The second-order valence-corrected chi connectivity index (χ2v) is 12.2. The van der Waals surface area contributed by atoms with Crippen LogP contribution < -0.4 is 0 Å². The molecule has 1 aromatic carbocycles. The summed E-state index contributed by atoms with van der Waals surface area (Å²) in [7, 11) is 0. The summed E-state index contributed by atoms with van der Waals surface area (Å²) in [6, 6.07) is 9.77. The molecular weight excluding hydrogens is 625 g/mol. The van der Waals surface area contributed by atoms with Crippen molar-refractivity contribution < 1.29 is 48.0 Å². The van der Waals surface area contributed by atoms with E-state index in [9.17, 15) is 19.2 Å². The molecule has 2 heterocycles. The number of aliphatic hydroxyl groups is 1. The Balaban J connectivity index is 0.000000402. The highest BCUT2D eigenvalue weighted by atomic mass is 35.6. The van der Waals surface area contributed by atoms with Crippen LogP contribution in [0, 0.1) is 0 Å². The molecule has 10 nitrogen and oxygen atoms in total. The molecule has 0 amide bonds. The Hall–Kier alpha value is -2.05. The highest BCUT2D eigenvalue weighted by Crippen LogP contribution is 2.29. The SMILES string of the molecule is CCCCC(=O)OCC1(CO)CCC(=O)O1.CCCCC(=O)OCC1(COCc2ccccc2)CCC(=O)O1.ClB(Cl)Cl. The van der Waals surface area contributed by atoms with E-state index >= 15 is 0 Å². The third kappa shape index (κ3) is 17.1. The summed E-state index contributed by atoms with van der Waals surface area (Å²) < 4.78 is 26.4. The van der Waals surface area contributed by atoms with Gasteiger partial charge in [-0.1, -0.05) is 57.0 Å². The van der Waals surface area contributed by atoms with Crippen molar-refractivity contribution in [2.75, 3.05) is 26.4 Å². The predicted molar refractivity (Wildman–Crippen MR) is 164 cm³/mol. The zero-order valence-corrected chi connectivity index (χ0v) is 27.1. The van der Waals surface area contributed by atoms with Crippen LogP contribution in [0.5, 0.6) is 0 Å². The van der Waals surface area contributed by atoms with Gasteiger partial charge in [0.15, 0.2) is 11.2 Å². The van der Waals surface area contributed by atoms with E-state index in [1.54, 1.807) is 0 Å². The minimum absolute atomic E-state index is 0.0439. The fourth-order valence-corrected chi connectivity index (χ4v) is 3.99. The smallest absolute Gasteiger partial charge is 0.450 e. The van der Waals surface area contributed by atoms with E-state index < -0.39 is 16.2 Å². The van der Waals surface area contributed by atoms with Gasteiger partial charge in [0.2, 0.25) is 0 Å². The van der Waals surface area contributed by atoms with Gasteiger partial charge >= 0.3 is 28.8 Å². The topological polar surface area (TPSA) is 135 Å². The van der Waals surface area contributed by atoms with Crippen molar-refractivity contribution in [2.24, 2.45) is 0 Å². The number of hydrogen-bond donors (Lipinski definition) is 1. The van der Waals surface area contributed by atoms with Gasteiger partial charge in [-0.05, 0) is 18.4 Å². The lowest BCUT2D eigenvalue weighted by Crippen LogP contribution is -2.40. The molecule has 0 spiro atoms. The molecule has 3 rings (SSSR count). The van der Waals surface area contributed by atoms with E-state index in [4.69, 9.17) is 63.2 Å². The average Bonchev–Trinajstić information content (AvgIpc) is 3.55. The third-order valence-electron chi connectivity index (χ3n) is 6.46. The first-order valence-electron chi connectivity index (χ1n) is 14.4. The second-order valence-electron chi connectivity index (χ2n) is 10.2. The molecule has 0 aliphatic carbocycles. The number of cyclic esters (lactones) is 2. The van der Waals surface area contributed by atoms with Gasteiger partial charge in [0.05, 0.1) is 19.8 Å². The summed E-state index contributed by atoms with van der Waals surface area (Å²) >= 11 is 14.4. The third-order valence-corrected chi connectivity index (χ3v) is 6.46. The molecule has 2 aliphatic heterocycles. The van der Waals surface area contributed by atoms with E-state index in [0.717, 1.165) is 31.2 Å². The summed E-state index contributed by atoms with van der Waals surface area (Å²) in [4.78, 5) is 44.6. The number of aliphatic hydroxyl groups excluding tert-OH is 1. The number of benzene rings is 1. The number of halogens is 3. The standard InChI is InChI=1S/C18H24O5.C11H18O5.BCl3/c1-2-3-9-16(19)22-14-18(11-10-17(20)23-18)13-21-12-15-7-5-4-6-8-15;1-2-3-4-9(13)15-8-11(7-12)6-5-10(14)16-11;2-1(3)4/h4-8H,2-3,9-14H2,1H3;12H,2-8H2,1H3;. The molecule has 2 fully saturated rings. The van der Waals surface area contributed by atoms with Crippen molar-refractivity contribution in [2.45, 2.75) is 95.9 Å². The molecule has 0 bridgehead atoms. The second kappa shape index (κ2) is 21.6. The number of carbonyl (C=O) groups is 4. The lowest BCUT2D eigenvalue weighted by atomic mass is 10.0. The molecule has 14 heteroatoms. The van der Waals surface area contributed by atoms with Gasteiger partial charge in [-0.2, -0.15) is 34.4 Å². The van der Waals surface area contributed by atoms with Gasteiger partial charge in [-0.25, -0.2) is 0 Å². The maximum absolute atomic E-state index is 11.7. The van der Waals surface area contributed by atoms with E-state index in [1.165, 1.54) is 0 Å². The lowest BCUT2D eigenvalue weighted by molar-refractivity contribution is -0.169. The van der Waals surface area contributed by atoms with Gasteiger partial charge in [0, 0.05) is 38.5 Å². The molecule has 0 aromatic heterocycles. The molecule has 242 valence electrons. The molecular formula is C29H42BCl3O10. The van der Waals surface area contributed by atoms with Crippen LogP contribution in [0.4, 0.5) is 0 Å². The number of rotatable bonds is 15. The minimum Gasteiger partial charge on any atom is -0.461 e. The maximum atomic E-state index is 11.7. The molecule has 2 unspecified atom stereocenters. The van der Waals surface area contributed by atoms with Gasteiger partial charge < -0.3 is 28.8 Å². The van der Waals surface area contributed by atoms with Crippen molar-refractivity contribution in [3.63, 3.8) is 0 Å². The Morgan fingerprint density at radius 3 is 1.72 bits per heavy atom. The van der Waals surface area contributed by atoms with Crippen LogP contribution in [-0.4, -0.2) is 71.6 Å². The molecule has 2 aliphatic rings. The van der Waals surface area contributed by atoms with Crippen LogP contribution in [0.1, 0.15) is 83.6 Å². The van der Waals surface area contributed by atoms with Crippen LogP contribution in [-0.2, 0) is 49.5 Å². The highest BCUT2D eigenvalue weighted by Gasteiger charge is 2.42. The highest BCUT2D eigenvalue weighted by molar-refractivity contribution is 7.54. The van der Waals surface area contributed by atoms with E-state index in [1.807, 2.05) is 44.2 Å². The summed E-state index contributed by atoms with van der Waals surface area (Å²) in [5, 5.41) is 9.15. The molecule has 1 aromatic rings. The minimum atomic E-state index is -1.00. The Morgan fingerprint density at radius 1 is 0.837 bits per heavy atom. The van der Waals surface area contributed by atoms with Crippen LogP contribution in [0.25, 0.3) is 0 Å². The molecule has 43 heavy (non-hydrogen) atoms. The Kier molecular flexibility index (Phi) is 19.6. The number of hydrogen-bond acceptors (Lipinski definition) is 10. The number of esters is 4. The Bertz CT molecular complexity index is 982. The van der Waals surface area contributed by atoms with Crippen molar-refractivity contribution in [3.8, 4) is 0 Å². The lowest BCUT2D eigenvalue weighted by Gasteiger charge is -2.27. The fourth-order valence-electron chi connectivity index (χ4n) is 3.99. The first-order valence-corrected chi connectivity index (χ1v) is 15.7. The van der Waals surface area contributed by atoms with Crippen LogP contribution in [0.15, 0.2) is 30.3 Å². The molecule has 1 N–H and O–H groups in total. The van der Waals surface area contributed by atoms with Crippen LogP contribution >= 0.6 is 34.4 Å². The van der Waals surface area contributed by atoms with Gasteiger partial charge in [-0.15, -0.1) is 0 Å². The van der Waals surface area contributed by atoms with E-state index in [0.29, 0.717) is 38.7 Å². The number of carbonyl (C=O) groups excluding carboxylic acids is 4. The summed E-state index contributed by atoms with van der Waals surface area (Å²) in [5.41, 5.74) is -0.793. The number of ether oxygens (including phenoxy) is 5. The van der Waals surface area contributed by atoms with E-state index in [2.05, 4.69) is 0 Å². The molecule has 2 atom stereocenters. The summed E-state index contributed by atoms with van der Waals surface area (Å²) in [6.07, 6.45) is 5.74. The van der Waals surface area contributed by atoms with Crippen LogP contribution in [0.3, 0.4) is 0 Å². The van der Waals surface area contributed by atoms with E-state index in [-0.39, 0.29) is 56.7 Å². The van der Waals surface area contributed by atoms with Gasteiger partial charge in [0.1, 0.15) is 13.2 Å². The van der Waals surface area contributed by atoms with Crippen LogP contribution in [0.2, 0.25) is 0 Å². The quantitative estimate of drug-likeness (QED) is 0.145. The van der Waals surface area contributed by atoms with Crippen molar-refractivity contribution in [3.05, 3.63) is 35.9 Å². The van der Waals surface area contributed by atoms with Crippen molar-refractivity contribution >= 4 is 63.2 Å². The zero-order chi connectivity index (χ0) is 32.1. The average molecular weight is 668 g/mol. The first kappa shape index (κ1) is 39.0. The van der Waals surface area contributed by atoms with Crippen molar-refractivity contribution in [1.29, 1.82) is 0 Å². The number of unbranched alkanes of at least 4 members (excludes halogenated alkanes) is 2. The Morgan fingerprint density at radius 2 is 1.30 bits per heavy atom. The molecule has 2 saturated heterocycles. The van der Waals surface area contributed by atoms with Gasteiger partial charge in [0.25, 0.3) is 0 Å². The largest absolute Gasteiger partial charge is 0.461 e. The summed E-state index contributed by atoms with van der Waals surface area (Å²) in [6.45, 7) is 4.39.